The van der Waals surface area contributed by atoms with Gasteiger partial charge in [-0.05, 0) is 45.6 Å². The zero-order valence-electron chi connectivity index (χ0n) is 14.0. The quantitative estimate of drug-likeness (QED) is 0.898. The maximum Gasteiger partial charge on any atom is 0.105 e. The largest absolute Gasteiger partial charge is 0.466 e. The molecule has 3 rings (SSSR count). The van der Waals surface area contributed by atoms with Crippen LogP contribution in [0.4, 0.5) is 0 Å². The van der Waals surface area contributed by atoms with Gasteiger partial charge < -0.3 is 14.8 Å². The second kappa shape index (κ2) is 7.16. The fourth-order valence-corrected chi connectivity index (χ4v) is 4.07. The van der Waals surface area contributed by atoms with Crippen molar-refractivity contribution in [1.29, 1.82) is 0 Å². The molecule has 4 heteroatoms. The van der Waals surface area contributed by atoms with E-state index in [2.05, 4.69) is 16.3 Å². The van der Waals surface area contributed by atoms with E-state index in [1.165, 1.54) is 37.7 Å². The summed E-state index contributed by atoms with van der Waals surface area (Å²) >= 11 is 0. The number of aliphatic hydroxyl groups is 1. The molecular formula is C18H30N2O2. The summed E-state index contributed by atoms with van der Waals surface area (Å²) in [7, 11) is 0. The summed E-state index contributed by atoms with van der Waals surface area (Å²) in [5, 5.41) is 13.9. The fraction of sp³-hybridized carbons (Fsp3) is 0.778. The van der Waals surface area contributed by atoms with Gasteiger partial charge in [0, 0.05) is 37.3 Å². The van der Waals surface area contributed by atoms with Crippen LogP contribution in [0, 0.1) is 13.8 Å². The van der Waals surface area contributed by atoms with Crippen molar-refractivity contribution < 1.29 is 9.52 Å². The molecule has 2 unspecified atom stereocenters. The van der Waals surface area contributed by atoms with Gasteiger partial charge >= 0.3 is 0 Å². The molecule has 1 aliphatic carbocycles. The molecule has 0 amide bonds. The number of hydrogen-bond acceptors (Lipinski definition) is 4. The van der Waals surface area contributed by atoms with Gasteiger partial charge in [0.05, 0.1) is 6.10 Å². The lowest BCUT2D eigenvalue weighted by atomic mass is 9.89. The minimum Gasteiger partial charge on any atom is -0.466 e. The highest BCUT2D eigenvalue weighted by Gasteiger charge is 2.31. The first-order chi connectivity index (χ1) is 10.6. The van der Waals surface area contributed by atoms with E-state index in [9.17, 15) is 5.11 Å². The Balaban J connectivity index is 1.44. The smallest absolute Gasteiger partial charge is 0.105 e. The minimum atomic E-state index is -0.102. The van der Waals surface area contributed by atoms with Crippen LogP contribution in [0.3, 0.4) is 0 Å². The molecule has 2 aliphatic rings. The predicted octanol–water partition coefficient (Wildman–Crippen LogP) is 2.75. The molecule has 1 aromatic heterocycles. The van der Waals surface area contributed by atoms with E-state index in [1.807, 2.05) is 13.8 Å². The van der Waals surface area contributed by atoms with E-state index in [1.54, 1.807) is 0 Å². The molecule has 1 aromatic rings. The summed E-state index contributed by atoms with van der Waals surface area (Å²) < 4.78 is 5.59. The SMILES string of the molecule is Cc1cc(CNC2CCN(C3CCCCC3O)CC2)c(C)o1. The first kappa shape index (κ1) is 16.0. The number of piperidine rings is 1. The number of hydrogen-bond donors (Lipinski definition) is 2. The van der Waals surface area contributed by atoms with Crippen LogP contribution in [0.15, 0.2) is 10.5 Å². The van der Waals surface area contributed by atoms with Crippen molar-refractivity contribution in [2.24, 2.45) is 0 Å². The molecule has 2 fully saturated rings. The van der Waals surface area contributed by atoms with Crippen molar-refractivity contribution in [1.82, 2.24) is 10.2 Å². The second-order valence-electron chi connectivity index (χ2n) is 7.05. The molecule has 124 valence electrons. The molecule has 0 spiro atoms. The number of aliphatic hydroxyl groups excluding tert-OH is 1. The number of likely N-dealkylation sites (tertiary alicyclic amines) is 1. The molecule has 1 saturated heterocycles. The van der Waals surface area contributed by atoms with Crippen molar-refractivity contribution in [3.8, 4) is 0 Å². The Morgan fingerprint density at radius 2 is 1.91 bits per heavy atom. The number of furan rings is 1. The summed E-state index contributed by atoms with van der Waals surface area (Å²) in [5.41, 5.74) is 1.28. The van der Waals surface area contributed by atoms with Crippen LogP contribution in [-0.4, -0.2) is 41.3 Å². The molecule has 2 atom stereocenters. The number of nitrogens with zero attached hydrogens (tertiary/aromatic N) is 1. The number of nitrogens with one attached hydrogen (secondary N) is 1. The summed E-state index contributed by atoms with van der Waals surface area (Å²) in [4.78, 5) is 2.52. The normalized spacial score (nSPS) is 28.1. The highest BCUT2D eigenvalue weighted by Crippen LogP contribution is 2.26. The molecular weight excluding hydrogens is 276 g/mol. The molecule has 22 heavy (non-hydrogen) atoms. The molecule has 4 nitrogen and oxygen atoms in total. The third kappa shape index (κ3) is 3.73. The Kier molecular flexibility index (Phi) is 5.21. The molecule has 0 radical (unpaired) electrons. The first-order valence-corrected chi connectivity index (χ1v) is 8.85. The lowest BCUT2D eigenvalue weighted by Gasteiger charge is -2.41. The van der Waals surface area contributed by atoms with E-state index in [4.69, 9.17) is 4.42 Å². The zero-order valence-corrected chi connectivity index (χ0v) is 14.0. The molecule has 0 bridgehead atoms. The van der Waals surface area contributed by atoms with E-state index in [-0.39, 0.29) is 6.10 Å². The molecule has 2 heterocycles. The van der Waals surface area contributed by atoms with Gasteiger partial charge in [-0.3, -0.25) is 4.90 Å². The van der Waals surface area contributed by atoms with E-state index in [0.717, 1.165) is 37.6 Å². The van der Waals surface area contributed by atoms with Crippen LogP contribution in [0.2, 0.25) is 0 Å². The van der Waals surface area contributed by atoms with Crippen LogP contribution in [-0.2, 0) is 6.54 Å². The van der Waals surface area contributed by atoms with Crippen molar-refractivity contribution in [2.75, 3.05) is 13.1 Å². The van der Waals surface area contributed by atoms with Gasteiger partial charge in [-0.2, -0.15) is 0 Å². The lowest BCUT2D eigenvalue weighted by molar-refractivity contribution is 0.00713. The van der Waals surface area contributed by atoms with Gasteiger partial charge in [0.25, 0.3) is 0 Å². The van der Waals surface area contributed by atoms with Crippen LogP contribution in [0.1, 0.15) is 55.6 Å². The Bertz CT molecular complexity index is 477. The molecule has 0 aromatic carbocycles. The average Bonchev–Trinajstić information content (AvgIpc) is 2.84. The van der Waals surface area contributed by atoms with E-state index >= 15 is 0 Å². The van der Waals surface area contributed by atoms with Gasteiger partial charge in [-0.1, -0.05) is 12.8 Å². The van der Waals surface area contributed by atoms with Crippen molar-refractivity contribution in [3.05, 3.63) is 23.2 Å². The van der Waals surface area contributed by atoms with Crippen LogP contribution in [0.5, 0.6) is 0 Å². The number of aryl methyl sites for hydroxylation is 2. The third-order valence-corrected chi connectivity index (χ3v) is 5.42. The van der Waals surface area contributed by atoms with Gasteiger partial charge in [0.15, 0.2) is 0 Å². The van der Waals surface area contributed by atoms with Gasteiger partial charge in [0.2, 0.25) is 0 Å². The number of rotatable bonds is 4. The standard InChI is InChI=1S/C18H30N2O2/c1-13-11-15(14(2)22-13)12-19-16-7-9-20(10-8-16)17-5-3-4-6-18(17)21/h11,16-19,21H,3-10,12H2,1-2H3. The monoisotopic (exact) mass is 306 g/mol. The summed E-state index contributed by atoms with van der Waals surface area (Å²) in [6.45, 7) is 7.17. The maximum atomic E-state index is 10.2. The van der Waals surface area contributed by atoms with Gasteiger partial charge in [-0.25, -0.2) is 0 Å². The topological polar surface area (TPSA) is 48.6 Å². The Morgan fingerprint density at radius 1 is 1.18 bits per heavy atom. The van der Waals surface area contributed by atoms with E-state index in [0.29, 0.717) is 12.1 Å². The van der Waals surface area contributed by atoms with Crippen LogP contribution < -0.4 is 5.32 Å². The summed E-state index contributed by atoms with van der Waals surface area (Å²) in [6.07, 6.45) is 6.89. The Labute approximate surface area is 133 Å². The van der Waals surface area contributed by atoms with Crippen LogP contribution in [0.25, 0.3) is 0 Å². The van der Waals surface area contributed by atoms with Gasteiger partial charge in [0.1, 0.15) is 11.5 Å². The fourth-order valence-electron chi connectivity index (χ4n) is 4.07. The van der Waals surface area contributed by atoms with E-state index < -0.39 is 0 Å². The Hall–Kier alpha value is -0.840. The van der Waals surface area contributed by atoms with Crippen LogP contribution >= 0.6 is 0 Å². The molecule has 1 saturated carbocycles. The second-order valence-corrected chi connectivity index (χ2v) is 7.05. The summed E-state index contributed by atoms with van der Waals surface area (Å²) in [5.74, 6) is 2.03. The lowest BCUT2D eigenvalue weighted by Crippen LogP contribution is -2.51. The first-order valence-electron chi connectivity index (χ1n) is 8.85. The molecule has 2 N–H and O–H groups in total. The predicted molar refractivity (Wildman–Crippen MR) is 87.9 cm³/mol. The minimum absolute atomic E-state index is 0.102. The zero-order chi connectivity index (χ0) is 15.5. The highest BCUT2D eigenvalue weighted by molar-refractivity contribution is 5.19. The highest BCUT2D eigenvalue weighted by atomic mass is 16.3. The van der Waals surface area contributed by atoms with Crippen molar-refractivity contribution in [2.45, 2.75) is 77.1 Å². The summed E-state index contributed by atoms with van der Waals surface area (Å²) in [6, 6.07) is 3.13. The third-order valence-electron chi connectivity index (χ3n) is 5.42. The Morgan fingerprint density at radius 3 is 2.55 bits per heavy atom. The average molecular weight is 306 g/mol. The molecule has 1 aliphatic heterocycles. The van der Waals surface area contributed by atoms with Gasteiger partial charge in [-0.15, -0.1) is 0 Å². The van der Waals surface area contributed by atoms with Crippen molar-refractivity contribution >= 4 is 0 Å². The van der Waals surface area contributed by atoms with Crippen molar-refractivity contribution in [3.63, 3.8) is 0 Å². The maximum absolute atomic E-state index is 10.2.